The van der Waals surface area contributed by atoms with Crippen molar-refractivity contribution < 1.29 is 9.59 Å². The minimum absolute atomic E-state index is 0.00251. The molecule has 10 heteroatoms. The number of carbonyl (C=O) groups excluding carboxylic acids is 2. The van der Waals surface area contributed by atoms with Gasteiger partial charge in [-0.05, 0) is 58.0 Å². The zero-order chi connectivity index (χ0) is 25.8. The minimum atomic E-state index is -0.640. The fraction of sp³-hybridized carbons (Fsp3) is 0.346. The lowest BCUT2D eigenvalue weighted by Gasteiger charge is -2.42. The summed E-state index contributed by atoms with van der Waals surface area (Å²) in [6.45, 7) is 8.81. The van der Waals surface area contributed by atoms with Crippen molar-refractivity contribution in [2.45, 2.75) is 39.4 Å². The van der Waals surface area contributed by atoms with Crippen LogP contribution in [0.3, 0.4) is 0 Å². The van der Waals surface area contributed by atoms with Crippen molar-refractivity contribution >= 4 is 23.6 Å². The van der Waals surface area contributed by atoms with Crippen molar-refractivity contribution in [2.24, 2.45) is 7.05 Å². The molecule has 1 unspecified atom stereocenters. The largest absolute Gasteiger partial charge is 0.345 e. The molecule has 3 aromatic rings. The summed E-state index contributed by atoms with van der Waals surface area (Å²) in [4.78, 5) is 35.7. The van der Waals surface area contributed by atoms with Crippen LogP contribution in [0.25, 0.3) is 17.2 Å². The molecule has 36 heavy (non-hydrogen) atoms. The van der Waals surface area contributed by atoms with Crippen LogP contribution in [0.15, 0.2) is 24.3 Å². The van der Waals surface area contributed by atoms with Crippen LogP contribution in [0.5, 0.6) is 0 Å². The Morgan fingerprint density at radius 2 is 2.06 bits per heavy atom. The number of ketones is 1. The average molecular weight is 485 g/mol. The van der Waals surface area contributed by atoms with Crippen molar-refractivity contribution in [3.05, 3.63) is 58.3 Å². The van der Waals surface area contributed by atoms with E-state index in [-0.39, 0.29) is 23.7 Å². The zero-order valence-electron chi connectivity index (χ0n) is 20.9. The number of amides is 1. The van der Waals surface area contributed by atoms with Gasteiger partial charge >= 0.3 is 0 Å². The van der Waals surface area contributed by atoms with Gasteiger partial charge in [-0.1, -0.05) is 0 Å². The minimum Gasteiger partial charge on any atom is -0.345 e. The molecule has 0 bridgehead atoms. The fourth-order valence-corrected chi connectivity index (χ4v) is 4.86. The molecule has 1 aromatic carbocycles. The van der Waals surface area contributed by atoms with Crippen LogP contribution in [0.4, 0.5) is 5.82 Å². The second kappa shape index (κ2) is 8.46. The van der Waals surface area contributed by atoms with Gasteiger partial charge in [0, 0.05) is 42.5 Å². The first-order chi connectivity index (χ1) is 17.1. The Morgan fingerprint density at radius 3 is 2.75 bits per heavy atom. The van der Waals surface area contributed by atoms with Gasteiger partial charge in [-0.15, -0.1) is 0 Å². The molecule has 0 spiro atoms. The topological polar surface area (TPSA) is 132 Å². The van der Waals surface area contributed by atoms with Crippen molar-refractivity contribution in [3.63, 3.8) is 0 Å². The number of imidazole rings is 1. The third-order valence-electron chi connectivity index (χ3n) is 6.91. The molecule has 0 aliphatic carbocycles. The van der Waals surface area contributed by atoms with Gasteiger partial charge in [0.15, 0.2) is 11.6 Å². The van der Waals surface area contributed by atoms with Crippen LogP contribution in [-0.2, 0) is 11.8 Å². The second-order valence-electron chi connectivity index (χ2n) is 9.72. The number of anilines is 1. The molecule has 3 N–H and O–H groups in total. The van der Waals surface area contributed by atoms with Gasteiger partial charge in [0.05, 0.1) is 28.6 Å². The number of aryl methyl sites for hydroxylation is 2. The molecular formula is C26H28N8O2. The van der Waals surface area contributed by atoms with Gasteiger partial charge < -0.3 is 20.5 Å². The smallest absolute Gasteiger partial charge is 0.244 e. The molecule has 4 heterocycles. The molecule has 1 saturated heterocycles. The summed E-state index contributed by atoms with van der Waals surface area (Å²) in [6, 6.07) is 7.25. The Kier molecular flexibility index (Phi) is 5.53. The quantitative estimate of drug-likeness (QED) is 0.485. The number of hydrogen-bond donors (Lipinski definition) is 3. The highest BCUT2D eigenvalue weighted by Crippen LogP contribution is 2.31. The molecule has 0 saturated carbocycles. The van der Waals surface area contributed by atoms with E-state index in [4.69, 9.17) is 0 Å². The third-order valence-corrected chi connectivity index (χ3v) is 6.91. The number of nitrogens with zero attached hydrogens (tertiary/aromatic N) is 5. The maximum atomic E-state index is 13.4. The van der Waals surface area contributed by atoms with Crippen LogP contribution in [0, 0.1) is 25.2 Å². The molecule has 184 valence electrons. The number of fused-ring (bicyclic) bond motifs is 1. The maximum absolute atomic E-state index is 13.4. The Bertz CT molecular complexity index is 1470. The predicted octanol–water partition coefficient (Wildman–Crippen LogP) is 2.50. The van der Waals surface area contributed by atoms with E-state index in [9.17, 15) is 14.9 Å². The summed E-state index contributed by atoms with van der Waals surface area (Å²) in [5, 5.41) is 20.6. The third kappa shape index (κ3) is 3.78. The van der Waals surface area contributed by atoms with Crippen LogP contribution < -0.4 is 10.6 Å². The van der Waals surface area contributed by atoms with Gasteiger partial charge in [-0.2, -0.15) is 10.4 Å². The summed E-state index contributed by atoms with van der Waals surface area (Å²) in [6.07, 6.45) is 3.38. The molecule has 2 aliphatic heterocycles. The summed E-state index contributed by atoms with van der Waals surface area (Å²) >= 11 is 0. The first kappa shape index (κ1) is 23.5. The van der Waals surface area contributed by atoms with E-state index in [0.29, 0.717) is 41.3 Å². The first-order valence-electron chi connectivity index (χ1n) is 11.8. The van der Waals surface area contributed by atoms with Crippen LogP contribution >= 0.6 is 0 Å². The number of nitriles is 1. The normalized spacial score (nSPS) is 18.5. The van der Waals surface area contributed by atoms with Crippen molar-refractivity contribution in [1.29, 1.82) is 5.26 Å². The van der Waals surface area contributed by atoms with Crippen molar-refractivity contribution in [2.75, 3.05) is 18.4 Å². The number of carbonyl (C=O) groups is 2. The van der Waals surface area contributed by atoms with Crippen LogP contribution in [-0.4, -0.2) is 61.1 Å². The second-order valence-corrected chi connectivity index (χ2v) is 9.72. The van der Waals surface area contributed by atoms with Crippen LogP contribution in [0.2, 0.25) is 0 Å². The Morgan fingerprint density at radius 1 is 1.28 bits per heavy atom. The number of hydrogen-bond acceptors (Lipinski definition) is 7. The lowest BCUT2D eigenvalue weighted by atomic mass is 9.95. The van der Waals surface area contributed by atoms with E-state index in [2.05, 4.69) is 31.8 Å². The van der Waals surface area contributed by atoms with E-state index in [1.807, 2.05) is 46.9 Å². The zero-order valence-corrected chi connectivity index (χ0v) is 20.9. The SMILES string of the molecule is Cc1nn(C)c(C)c1-c1cc(C(=O)c2nc3c([nH]2)C=CC(N2CCNC(C)(C)C2=O)N3)ccc1C#N. The lowest BCUT2D eigenvalue weighted by Crippen LogP contribution is -2.64. The maximum Gasteiger partial charge on any atom is 0.244 e. The number of aromatic amines is 1. The standard InChI is InChI=1S/C26H28N8O2/c1-14-21(15(2)33(5)32-14)18-12-16(6-7-17(18)13-27)22(35)24-29-19-8-9-20(30-23(19)31-24)34-11-10-28-26(3,4)25(34)36/h6-9,12,20,28,30H,10-11H2,1-5H3,(H,29,31). The number of rotatable bonds is 4. The molecule has 1 amide bonds. The molecule has 2 aliphatic rings. The predicted molar refractivity (Wildman–Crippen MR) is 135 cm³/mol. The fourth-order valence-electron chi connectivity index (χ4n) is 4.86. The molecule has 5 rings (SSSR count). The first-order valence-corrected chi connectivity index (χ1v) is 11.8. The highest BCUT2D eigenvalue weighted by molar-refractivity contribution is 6.08. The molecule has 10 nitrogen and oxygen atoms in total. The monoisotopic (exact) mass is 484 g/mol. The molecule has 1 fully saturated rings. The summed E-state index contributed by atoms with van der Waals surface area (Å²) in [5.41, 5.74) is 4.13. The number of piperazine rings is 1. The van der Waals surface area contributed by atoms with E-state index in [0.717, 1.165) is 17.0 Å². The summed E-state index contributed by atoms with van der Waals surface area (Å²) in [7, 11) is 1.85. The highest BCUT2D eigenvalue weighted by atomic mass is 16.2. The van der Waals surface area contributed by atoms with E-state index in [1.165, 1.54) is 0 Å². The van der Waals surface area contributed by atoms with Gasteiger partial charge in [-0.25, -0.2) is 4.98 Å². The Balaban J connectivity index is 1.44. The average Bonchev–Trinajstić information content (AvgIpc) is 3.39. The van der Waals surface area contributed by atoms with Crippen molar-refractivity contribution in [1.82, 2.24) is 30.0 Å². The highest BCUT2D eigenvalue weighted by Gasteiger charge is 2.39. The molecular weight excluding hydrogens is 456 g/mol. The Labute approximate surface area is 209 Å². The number of aromatic nitrogens is 4. The van der Waals surface area contributed by atoms with E-state index >= 15 is 0 Å². The van der Waals surface area contributed by atoms with Crippen molar-refractivity contribution in [3.8, 4) is 17.2 Å². The van der Waals surface area contributed by atoms with Crippen LogP contribution in [0.1, 0.15) is 52.7 Å². The van der Waals surface area contributed by atoms with Gasteiger partial charge in [0.1, 0.15) is 6.17 Å². The lowest BCUT2D eigenvalue weighted by molar-refractivity contribution is -0.140. The van der Waals surface area contributed by atoms with Gasteiger partial charge in [0.2, 0.25) is 11.7 Å². The molecule has 0 radical (unpaired) electrons. The number of benzene rings is 1. The van der Waals surface area contributed by atoms with E-state index in [1.54, 1.807) is 27.8 Å². The van der Waals surface area contributed by atoms with Gasteiger partial charge in [0.25, 0.3) is 0 Å². The number of nitrogens with one attached hydrogen (secondary N) is 3. The summed E-state index contributed by atoms with van der Waals surface area (Å²) < 4.78 is 1.76. The van der Waals surface area contributed by atoms with Gasteiger partial charge in [-0.3, -0.25) is 14.3 Å². The number of H-pyrrole nitrogens is 1. The summed E-state index contributed by atoms with van der Waals surface area (Å²) in [5.74, 6) is 0.403. The van der Waals surface area contributed by atoms with E-state index < -0.39 is 5.54 Å². The molecule has 1 atom stereocenters. The Hall–Kier alpha value is -4.23. The molecule has 2 aromatic heterocycles.